The number of para-hydroxylation sites is 1. The number of benzene rings is 2. The van der Waals surface area contributed by atoms with Crippen LogP contribution in [-0.4, -0.2) is 17.0 Å². The van der Waals surface area contributed by atoms with E-state index in [1.807, 2.05) is 43.5 Å². The number of fused-ring (bicyclic) bond motifs is 1. The molecule has 0 spiro atoms. The molecule has 0 amide bonds. The lowest BCUT2D eigenvalue weighted by Gasteiger charge is -2.19. The summed E-state index contributed by atoms with van der Waals surface area (Å²) < 4.78 is 8.06. The molecule has 2 aromatic carbocycles. The maximum atomic E-state index is 12.4. The maximum Gasteiger partial charge on any atom is 0.165 e. The van der Waals surface area contributed by atoms with Crippen molar-refractivity contribution in [2.24, 2.45) is 0 Å². The maximum absolute atomic E-state index is 12.4. The van der Waals surface area contributed by atoms with Gasteiger partial charge in [0.15, 0.2) is 5.78 Å². The second-order valence-corrected chi connectivity index (χ2v) is 8.05. The molecule has 0 unspecified atom stereocenters. The van der Waals surface area contributed by atoms with Gasteiger partial charge in [-0.2, -0.15) is 0 Å². The summed E-state index contributed by atoms with van der Waals surface area (Å²) in [5, 5.41) is 1.03. The first-order valence-electron chi connectivity index (χ1n) is 9.74. The monoisotopic (exact) mass is 363 g/mol. The van der Waals surface area contributed by atoms with Crippen molar-refractivity contribution in [3.05, 3.63) is 65.9 Å². The van der Waals surface area contributed by atoms with E-state index in [2.05, 4.69) is 43.5 Å². The minimum Gasteiger partial charge on any atom is -0.492 e. The fourth-order valence-corrected chi connectivity index (χ4v) is 3.33. The zero-order chi connectivity index (χ0) is 19.4. The van der Waals surface area contributed by atoms with Gasteiger partial charge in [-0.25, -0.2) is 0 Å². The van der Waals surface area contributed by atoms with Crippen molar-refractivity contribution in [1.29, 1.82) is 0 Å². The number of hydrogen-bond donors (Lipinski definition) is 0. The number of carbonyl (C=O) groups is 1. The number of nitrogens with zero attached hydrogens (tertiary/aromatic N) is 1. The Morgan fingerprint density at radius 2 is 1.74 bits per heavy atom. The molecule has 0 aliphatic rings. The van der Waals surface area contributed by atoms with Gasteiger partial charge < -0.3 is 9.30 Å². The van der Waals surface area contributed by atoms with Gasteiger partial charge in [-0.3, -0.25) is 4.79 Å². The molecule has 0 bridgehead atoms. The van der Waals surface area contributed by atoms with Gasteiger partial charge in [-0.05, 0) is 35.6 Å². The van der Waals surface area contributed by atoms with E-state index in [0.717, 1.165) is 28.6 Å². The molecule has 0 aliphatic heterocycles. The number of hydrogen-bond acceptors (Lipinski definition) is 2. The van der Waals surface area contributed by atoms with Gasteiger partial charge in [-0.15, -0.1) is 0 Å². The van der Waals surface area contributed by atoms with Crippen LogP contribution in [0.15, 0.2) is 54.7 Å². The SMILES string of the molecule is CCCC(=O)c1cn(CCOc2ccc(C(C)(C)C)cc2)c2ccccc12. The quantitative estimate of drug-likeness (QED) is 0.482. The highest BCUT2D eigenvalue weighted by Crippen LogP contribution is 2.25. The first kappa shape index (κ1) is 19.2. The Hall–Kier alpha value is -2.55. The van der Waals surface area contributed by atoms with E-state index in [-0.39, 0.29) is 11.2 Å². The molecule has 0 atom stereocenters. The fourth-order valence-electron chi connectivity index (χ4n) is 3.33. The molecule has 3 heteroatoms. The van der Waals surface area contributed by atoms with Gasteiger partial charge >= 0.3 is 0 Å². The lowest BCUT2D eigenvalue weighted by Crippen LogP contribution is -2.11. The van der Waals surface area contributed by atoms with Crippen molar-refractivity contribution in [3.63, 3.8) is 0 Å². The Bertz CT molecular complexity index is 914. The van der Waals surface area contributed by atoms with Crippen molar-refractivity contribution < 1.29 is 9.53 Å². The van der Waals surface area contributed by atoms with Gasteiger partial charge in [-0.1, -0.05) is 58.0 Å². The molecule has 3 nitrogen and oxygen atoms in total. The summed E-state index contributed by atoms with van der Waals surface area (Å²) >= 11 is 0. The molecule has 0 saturated carbocycles. The standard InChI is InChI=1S/C24H29NO2/c1-5-8-23(26)21-17-25(22-10-7-6-9-20(21)22)15-16-27-19-13-11-18(12-14-19)24(2,3)4/h6-7,9-14,17H,5,8,15-16H2,1-4H3. The molecule has 1 aromatic heterocycles. The molecule has 1 heterocycles. The third-order valence-corrected chi connectivity index (χ3v) is 4.89. The summed E-state index contributed by atoms with van der Waals surface area (Å²) in [7, 11) is 0. The average molecular weight is 364 g/mol. The fraction of sp³-hybridized carbons (Fsp3) is 0.375. The van der Waals surface area contributed by atoms with Gasteiger partial charge in [0.25, 0.3) is 0 Å². The minimum absolute atomic E-state index is 0.143. The zero-order valence-electron chi connectivity index (χ0n) is 16.8. The zero-order valence-corrected chi connectivity index (χ0v) is 16.8. The van der Waals surface area contributed by atoms with E-state index in [1.54, 1.807) is 0 Å². The highest BCUT2D eigenvalue weighted by atomic mass is 16.5. The summed E-state index contributed by atoms with van der Waals surface area (Å²) in [4.78, 5) is 12.4. The lowest BCUT2D eigenvalue weighted by molar-refractivity contribution is 0.0983. The molecule has 0 aliphatic carbocycles. The number of Topliss-reactive ketones (excluding diaryl/α,β-unsaturated/α-hetero) is 1. The lowest BCUT2D eigenvalue weighted by atomic mass is 9.87. The van der Waals surface area contributed by atoms with Crippen LogP contribution < -0.4 is 4.74 Å². The van der Waals surface area contributed by atoms with Crippen LogP contribution in [0.25, 0.3) is 10.9 Å². The molecule has 3 rings (SSSR count). The summed E-state index contributed by atoms with van der Waals surface area (Å²) in [5.41, 5.74) is 3.35. The molecular formula is C24H29NO2. The van der Waals surface area contributed by atoms with E-state index in [0.29, 0.717) is 19.6 Å². The molecule has 142 valence electrons. The highest BCUT2D eigenvalue weighted by molar-refractivity contribution is 6.08. The Balaban J connectivity index is 1.71. The van der Waals surface area contributed by atoms with Gasteiger partial charge in [0, 0.05) is 29.1 Å². The number of ether oxygens (including phenoxy) is 1. The van der Waals surface area contributed by atoms with Crippen LogP contribution in [0.3, 0.4) is 0 Å². The van der Waals surface area contributed by atoms with Crippen molar-refractivity contribution in [2.45, 2.75) is 52.5 Å². The van der Waals surface area contributed by atoms with Gasteiger partial charge in [0.2, 0.25) is 0 Å². The van der Waals surface area contributed by atoms with Crippen LogP contribution in [-0.2, 0) is 12.0 Å². The van der Waals surface area contributed by atoms with Crippen LogP contribution in [0.4, 0.5) is 0 Å². The molecule has 3 aromatic rings. The van der Waals surface area contributed by atoms with E-state index in [1.165, 1.54) is 5.56 Å². The first-order valence-corrected chi connectivity index (χ1v) is 9.74. The Kier molecular flexibility index (Phi) is 5.69. The molecular weight excluding hydrogens is 334 g/mol. The van der Waals surface area contributed by atoms with E-state index in [4.69, 9.17) is 4.74 Å². The molecule has 0 radical (unpaired) electrons. The minimum atomic E-state index is 0.143. The average Bonchev–Trinajstić information content (AvgIpc) is 3.01. The largest absolute Gasteiger partial charge is 0.492 e. The predicted molar refractivity (Wildman–Crippen MR) is 112 cm³/mol. The summed E-state index contributed by atoms with van der Waals surface area (Å²) in [6.07, 6.45) is 3.44. The van der Waals surface area contributed by atoms with E-state index < -0.39 is 0 Å². The van der Waals surface area contributed by atoms with Crippen molar-refractivity contribution in [1.82, 2.24) is 4.57 Å². The Labute approximate surface area is 162 Å². The third kappa shape index (κ3) is 4.41. The summed E-state index contributed by atoms with van der Waals surface area (Å²) in [5.74, 6) is 1.09. The Morgan fingerprint density at radius 1 is 1.04 bits per heavy atom. The number of aromatic nitrogens is 1. The van der Waals surface area contributed by atoms with E-state index in [9.17, 15) is 4.79 Å². The van der Waals surface area contributed by atoms with Gasteiger partial charge in [0.05, 0.1) is 6.54 Å². The second kappa shape index (κ2) is 7.99. The molecule has 0 fully saturated rings. The summed E-state index contributed by atoms with van der Waals surface area (Å²) in [6.45, 7) is 9.93. The third-order valence-electron chi connectivity index (χ3n) is 4.89. The topological polar surface area (TPSA) is 31.2 Å². The smallest absolute Gasteiger partial charge is 0.165 e. The first-order chi connectivity index (χ1) is 12.9. The van der Waals surface area contributed by atoms with Crippen LogP contribution >= 0.6 is 0 Å². The van der Waals surface area contributed by atoms with E-state index >= 15 is 0 Å². The van der Waals surface area contributed by atoms with Crippen LogP contribution in [0.1, 0.15) is 56.5 Å². The van der Waals surface area contributed by atoms with Gasteiger partial charge in [0.1, 0.15) is 12.4 Å². The molecule has 0 saturated heterocycles. The predicted octanol–water partition coefficient (Wildman–Crippen LogP) is 6.00. The molecule has 0 N–H and O–H groups in total. The van der Waals surface area contributed by atoms with Crippen molar-refractivity contribution >= 4 is 16.7 Å². The number of rotatable bonds is 7. The normalized spacial score (nSPS) is 11.7. The second-order valence-electron chi connectivity index (χ2n) is 8.05. The summed E-state index contributed by atoms with van der Waals surface area (Å²) in [6, 6.07) is 16.4. The van der Waals surface area contributed by atoms with Crippen LogP contribution in [0.5, 0.6) is 5.75 Å². The number of ketones is 1. The Morgan fingerprint density at radius 3 is 2.41 bits per heavy atom. The molecule has 27 heavy (non-hydrogen) atoms. The van der Waals surface area contributed by atoms with Crippen molar-refractivity contribution in [3.8, 4) is 5.75 Å². The van der Waals surface area contributed by atoms with Crippen LogP contribution in [0, 0.1) is 0 Å². The van der Waals surface area contributed by atoms with Crippen molar-refractivity contribution in [2.75, 3.05) is 6.61 Å². The van der Waals surface area contributed by atoms with Crippen LogP contribution in [0.2, 0.25) is 0 Å². The highest BCUT2D eigenvalue weighted by Gasteiger charge is 2.15. The number of carbonyl (C=O) groups excluding carboxylic acids is 1.